The van der Waals surface area contributed by atoms with E-state index in [0.717, 1.165) is 16.5 Å². The van der Waals surface area contributed by atoms with Crippen LogP contribution in [0.25, 0.3) is 10.9 Å². The third-order valence-electron chi connectivity index (χ3n) is 4.94. The number of nitriles is 1. The third kappa shape index (κ3) is 3.05. The molecule has 0 spiro atoms. The number of rotatable bonds is 4. The van der Waals surface area contributed by atoms with E-state index >= 15 is 0 Å². The zero-order valence-corrected chi connectivity index (χ0v) is 14.0. The number of nitrogens with one attached hydrogen (secondary N) is 2. The number of carbonyl (C=O) groups is 1. The molecule has 3 N–H and O–H groups in total. The number of H-pyrrole nitrogens is 1. The molecule has 6 heteroatoms. The monoisotopic (exact) mass is 346 g/mol. The predicted molar refractivity (Wildman–Crippen MR) is 96.2 cm³/mol. The summed E-state index contributed by atoms with van der Waals surface area (Å²) in [7, 11) is 0. The molecule has 1 saturated carbocycles. The number of pyridine rings is 1. The summed E-state index contributed by atoms with van der Waals surface area (Å²) in [5.41, 5.74) is 2.58. The Hall–Kier alpha value is -3.17. The molecule has 1 unspecified atom stereocenters. The van der Waals surface area contributed by atoms with Gasteiger partial charge in [0, 0.05) is 17.8 Å². The summed E-state index contributed by atoms with van der Waals surface area (Å²) in [6.07, 6.45) is 4.27. The number of nitrogens with zero attached hydrogens (tertiary/aromatic N) is 2. The van der Waals surface area contributed by atoms with Gasteiger partial charge >= 0.3 is 0 Å². The summed E-state index contributed by atoms with van der Waals surface area (Å²) in [5.74, 6) is -0.117. The first-order chi connectivity index (χ1) is 12.6. The Morgan fingerprint density at radius 1 is 1.35 bits per heavy atom. The number of aliphatic hydroxyl groups excluding tert-OH is 1. The molecule has 1 aliphatic rings. The van der Waals surface area contributed by atoms with E-state index in [-0.39, 0.29) is 24.0 Å². The average molecular weight is 346 g/mol. The third-order valence-corrected chi connectivity index (χ3v) is 4.94. The fourth-order valence-corrected chi connectivity index (χ4v) is 3.44. The number of aromatic amines is 1. The lowest BCUT2D eigenvalue weighted by Crippen LogP contribution is -2.41. The number of carbonyl (C=O) groups excluding carboxylic acids is 1. The lowest BCUT2D eigenvalue weighted by molar-refractivity contribution is 0.0234. The number of hydrogen-bond donors (Lipinski definition) is 3. The summed E-state index contributed by atoms with van der Waals surface area (Å²) in [5, 5.41) is 22.7. The molecular weight excluding hydrogens is 328 g/mol. The highest BCUT2D eigenvalue weighted by molar-refractivity contribution is 5.93. The van der Waals surface area contributed by atoms with Crippen LogP contribution in [0.2, 0.25) is 0 Å². The fourth-order valence-electron chi connectivity index (χ4n) is 3.44. The van der Waals surface area contributed by atoms with Gasteiger partial charge in [-0.2, -0.15) is 5.26 Å². The first-order valence-corrected chi connectivity index (χ1v) is 8.56. The fraction of sp³-hybridized carbons (Fsp3) is 0.250. The van der Waals surface area contributed by atoms with E-state index in [1.807, 2.05) is 36.4 Å². The van der Waals surface area contributed by atoms with E-state index in [4.69, 9.17) is 5.26 Å². The summed E-state index contributed by atoms with van der Waals surface area (Å²) in [6, 6.07) is 13.2. The van der Waals surface area contributed by atoms with Crippen LogP contribution in [0.4, 0.5) is 0 Å². The quantitative estimate of drug-likeness (QED) is 0.676. The van der Waals surface area contributed by atoms with Crippen molar-refractivity contribution in [2.24, 2.45) is 5.92 Å². The molecular formula is C20H18N4O2. The van der Waals surface area contributed by atoms with E-state index in [0.29, 0.717) is 24.1 Å². The highest BCUT2D eigenvalue weighted by Crippen LogP contribution is 2.38. The van der Waals surface area contributed by atoms with Gasteiger partial charge in [-0.25, -0.2) is 0 Å². The average Bonchev–Trinajstić information content (AvgIpc) is 3.13. The van der Waals surface area contributed by atoms with Crippen molar-refractivity contribution in [1.82, 2.24) is 15.3 Å². The van der Waals surface area contributed by atoms with Gasteiger partial charge in [0.2, 0.25) is 0 Å². The minimum absolute atomic E-state index is 0.155. The Labute approximate surface area is 150 Å². The van der Waals surface area contributed by atoms with E-state index in [1.165, 1.54) is 12.3 Å². The molecule has 0 aliphatic heterocycles. The number of amides is 1. The molecule has 1 aromatic carbocycles. The van der Waals surface area contributed by atoms with Crippen molar-refractivity contribution >= 4 is 16.8 Å². The first-order valence-electron chi connectivity index (χ1n) is 8.56. The molecule has 130 valence electrons. The van der Waals surface area contributed by atoms with Crippen molar-refractivity contribution in [2.75, 3.05) is 0 Å². The van der Waals surface area contributed by atoms with Gasteiger partial charge in [0.1, 0.15) is 11.8 Å². The van der Waals surface area contributed by atoms with Crippen LogP contribution in [0.5, 0.6) is 0 Å². The predicted octanol–water partition coefficient (Wildman–Crippen LogP) is 2.68. The molecule has 1 atom stereocenters. The summed E-state index contributed by atoms with van der Waals surface area (Å²) >= 11 is 0. The molecule has 0 saturated heterocycles. The van der Waals surface area contributed by atoms with Gasteiger partial charge in [-0.1, -0.05) is 18.2 Å². The second-order valence-corrected chi connectivity index (χ2v) is 6.71. The van der Waals surface area contributed by atoms with Gasteiger partial charge in [-0.05, 0) is 42.5 Å². The van der Waals surface area contributed by atoms with Crippen molar-refractivity contribution in [3.05, 3.63) is 65.6 Å². The maximum Gasteiger partial charge on any atom is 0.268 e. The van der Waals surface area contributed by atoms with Crippen LogP contribution in [0, 0.1) is 17.2 Å². The van der Waals surface area contributed by atoms with Gasteiger partial charge in [0.15, 0.2) is 0 Å². The number of fused-ring (bicyclic) bond motifs is 1. The zero-order chi connectivity index (χ0) is 18.1. The van der Waals surface area contributed by atoms with Crippen LogP contribution < -0.4 is 5.32 Å². The van der Waals surface area contributed by atoms with E-state index in [2.05, 4.69) is 15.3 Å². The highest BCUT2D eigenvalue weighted by atomic mass is 16.3. The lowest BCUT2D eigenvalue weighted by atomic mass is 9.75. The van der Waals surface area contributed by atoms with Crippen molar-refractivity contribution < 1.29 is 9.90 Å². The van der Waals surface area contributed by atoms with E-state index in [9.17, 15) is 9.90 Å². The highest BCUT2D eigenvalue weighted by Gasteiger charge is 2.36. The van der Waals surface area contributed by atoms with Gasteiger partial charge in [0.25, 0.3) is 5.91 Å². The van der Waals surface area contributed by atoms with E-state index < -0.39 is 0 Å². The van der Waals surface area contributed by atoms with Crippen LogP contribution in [-0.4, -0.2) is 27.1 Å². The first kappa shape index (κ1) is 16.3. The van der Waals surface area contributed by atoms with Crippen molar-refractivity contribution in [3.63, 3.8) is 0 Å². The Morgan fingerprint density at radius 2 is 2.15 bits per heavy atom. The maximum atomic E-state index is 12.6. The number of aromatic nitrogens is 2. The second-order valence-electron chi connectivity index (χ2n) is 6.71. The van der Waals surface area contributed by atoms with Crippen LogP contribution >= 0.6 is 0 Å². The Morgan fingerprint density at radius 3 is 2.88 bits per heavy atom. The molecule has 6 nitrogen and oxygen atoms in total. The van der Waals surface area contributed by atoms with Gasteiger partial charge in [-0.15, -0.1) is 0 Å². The number of benzene rings is 1. The molecule has 1 fully saturated rings. The summed E-state index contributed by atoms with van der Waals surface area (Å²) in [6.45, 7) is 0. The molecule has 1 amide bonds. The molecule has 0 radical (unpaired) electrons. The maximum absolute atomic E-state index is 12.6. The largest absolute Gasteiger partial charge is 0.393 e. The molecule has 26 heavy (non-hydrogen) atoms. The van der Waals surface area contributed by atoms with Crippen LogP contribution in [0.15, 0.2) is 48.8 Å². The van der Waals surface area contributed by atoms with Crippen molar-refractivity contribution in [2.45, 2.75) is 25.0 Å². The van der Waals surface area contributed by atoms with Gasteiger partial charge in [-0.3, -0.25) is 9.78 Å². The minimum atomic E-state index is -0.316. The van der Waals surface area contributed by atoms with Crippen molar-refractivity contribution in [1.29, 1.82) is 5.26 Å². The Bertz CT molecular complexity index is 998. The van der Waals surface area contributed by atoms with Crippen LogP contribution in [-0.2, 0) is 0 Å². The SMILES string of the molecule is N#Cc1c[nH]c(C(=O)NC(c2cnc3ccccc3c2)C2CC(O)C2)c1. The van der Waals surface area contributed by atoms with Gasteiger partial charge < -0.3 is 15.4 Å². The number of aliphatic hydroxyl groups is 1. The van der Waals surface area contributed by atoms with Crippen LogP contribution in [0.3, 0.4) is 0 Å². The van der Waals surface area contributed by atoms with Crippen LogP contribution in [0.1, 0.15) is 40.5 Å². The normalized spacial score (nSPS) is 20.2. The Balaban J connectivity index is 1.63. The molecule has 2 aromatic heterocycles. The van der Waals surface area contributed by atoms with Crippen molar-refractivity contribution in [3.8, 4) is 6.07 Å². The molecule has 2 heterocycles. The molecule has 3 aromatic rings. The second kappa shape index (κ2) is 6.62. The zero-order valence-electron chi connectivity index (χ0n) is 14.0. The molecule has 1 aliphatic carbocycles. The molecule has 0 bridgehead atoms. The number of hydrogen-bond acceptors (Lipinski definition) is 4. The standard InChI is InChI=1S/C20H18N4O2/c21-9-12-5-18(22-10-12)20(26)24-19(14-7-16(25)8-14)15-6-13-3-1-2-4-17(13)23-11-15/h1-6,10-11,14,16,19,22,25H,7-8H2,(H,24,26). The van der Waals surface area contributed by atoms with Gasteiger partial charge in [0.05, 0.1) is 23.2 Å². The lowest BCUT2D eigenvalue weighted by Gasteiger charge is -2.38. The Kier molecular flexibility index (Phi) is 4.15. The topological polar surface area (TPSA) is 102 Å². The smallest absolute Gasteiger partial charge is 0.268 e. The van der Waals surface area contributed by atoms with E-state index in [1.54, 1.807) is 6.20 Å². The molecule has 4 rings (SSSR count). The minimum Gasteiger partial charge on any atom is -0.393 e. The number of para-hydroxylation sites is 1. The summed E-state index contributed by atoms with van der Waals surface area (Å²) in [4.78, 5) is 19.9. The summed E-state index contributed by atoms with van der Waals surface area (Å²) < 4.78 is 0.